The van der Waals surface area contributed by atoms with Gasteiger partial charge < -0.3 is 9.84 Å². The second kappa shape index (κ2) is 7.79. The first-order valence-corrected chi connectivity index (χ1v) is 7.47. The lowest BCUT2D eigenvalue weighted by Gasteiger charge is -2.25. The van der Waals surface area contributed by atoms with Crippen molar-refractivity contribution in [1.29, 1.82) is 5.26 Å². The van der Waals surface area contributed by atoms with Gasteiger partial charge in [-0.1, -0.05) is 30.3 Å². The monoisotopic (exact) mass is 298 g/mol. The van der Waals surface area contributed by atoms with Gasteiger partial charge in [-0.15, -0.1) is 0 Å². The molecule has 0 saturated carbocycles. The molecule has 0 saturated heterocycles. The van der Waals surface area contributed by atoms with E-state index in [0.29, 0.717) is 13.0 Å². The molecule has 4 nitrogen and oxygen atoms in total. The number of nitriles is 1. The zero-order valence-electron chi connectivity index (χ0n) is 13.1. The topological polar surface area (TPSA) is 56.5 Å². The van der Waals surface area contributed by atoms with Crippen LogP contribution in [-0.2, 0) is 0 Å². The summed E-state index contributed by atoms with van der Waals surface area (Å²) in [6.07, 6.45) is -0.132. The van der Waals surface area contributed by atoms with Crippen LogP contribution < -0.4 is 4.74 Å². The molecule has 0 aromatic heterocycles. The highest BCUT2D eigenvalue weighted by atomic mass is 16.5. The van der Waals surface area contributed by atoms with Gasteiger partial charge >= 0.3 is 0 Å². The first-order valence-electron chi connectivity index (χ1n) is 7.47. The molecule has 2 aromatic carbocycles. The number of nitrogens with zero attached hydrogens (tertiary/aromatic N) is 2. The lowest BCUT2D eigenvalue weighted by atomic mass is 10.1. The Labute approximate surface area is 131 Å². The van der Waals surface area contributed by atoms with Crippen molar-refractivity contribution in [3.63, 3.8) is 0 Å². The average Bonchev–Trinajstić information content (AvgIpc) is 2.53. The summed E-state index contributed by atoms with van der Waals surface area (Å²) in [5.74, 6) is 0.755. The van der Waals surface area contributed by atoms with Gasteiger partial charge in [-0.3, -0.25) is 4.90 Å². The molecule has 0 aliphatic rings. The van der Waals surface area contributed by atoms with Crippen LogP contribution in [0.3, 0.4) is 0 Å². The highest BCUT2D eigenvalue weighted by Gasteiger charge is 2.14. The van der Waals surface area contributed by atoms with Gasteiger partial charge in [0.05, 0.1) is 12.5 Å². The fourth-order valence-corrected chi connectivity index (χ4v) is 2.30. The Bertz CT molecular complexity index is 651. The van der Waals surface area contributed by atoms with E-state index in [0.717, 1.165) is 11.1 Å². The van der Waals surface area contributed by atoms with Gasteiger partial charge in [-0.05, 0) is 36.9 Å². The lowest BCUT2D eigenvalue weighted by molar-refractivity contribution is 0.0661. The number of hydrogen-bond acceptors (Lipinski definition) is 4. The number of fused-ring (bicyclic) bond motifs is 1. The van der Waals surface area contributed by atoms with Crippen molar-refractivity contribution in [2.75, 3.05) is 20.2 Å². The number of rotatable bonds is 7. The summed E-state index contributed by atoms with van der Waals surface area (Å²) >= 11 is 0. The van der Waals surface area contributed by atoms with Gasteiger partial charge in [0.1, 0.15) is 18.5 Å². The summed E-state index contributed by atoms with van der Waals surface area (Å²) in [6.45, 7) is 2.69. The molecular formula is C18H22N2O2. The number of aliphatic hydroxyl groups is 1. The van der Waals surface area contributed by atoms with Crippen molar-refractivity contribution in [2.45, 2.75) is 25.5 Å². The molecule has 0 bridgehead atoms. The van der Waals surface area contributed by atoms with Gasteiger partial charge in [0.2, 0.25) is 0 Å². The van der Waals surface area contributed by atoms with Crippen LogP contribution >= 0.6 is 0 Å². The van der Waals surface area contributed by atoms with Gasteiger partial charge in [-0.2, -0.15) is 5.26 Å². The van der Waals surface area contributed by atoms with Crippen LogP contribution in [0.1, 0.15) is 13.3 Å². The molecule has 0 fully saturated rings. The molecule has 4 heteroatoms. The summed E-state index contributed by atoms with van der Waals surface area (Å²) in [6, 6.07) is 16.3. The predicted octanol–water partition coefficient (Wildman–Crippen LogP) is 2.81. The predicted molar refractivity (Wildman–Crippen MR) is 87.8 cm³/mol. The minimum atomic E-state index is -0.586. The molecule has 2 rings (SSSR count). The van der Waals surface area contributed by atoms with Crippen LogP contribution in [0.4, 0.5) is 0 Å². The van der Waals surface area contributed by atoms with Gasteiger partial charge in [-0.25, -0.2) is 0 Å². The minimum absolute atomic E-state index is 0.125. The number of ether oxygens (including phenoxy) is 1. The van der Waals surface area contributed by atoms with Crippen LogP contribution in [0.25, 0.3) is 10.8 Å². The third-order valence-corrected chi connectivity index (χ3v) is 3.80. The molecule has 2 aromatic rings. The van der Waals surface area contributed by atoms with Crippen molar-refractivity contribution < 1.29 is 9.84 Å². The average molecular weight is 298 g/mol. The fourth-order valence-electron chi connectivity index (χ4n) is 2.30. The van der Waals surface area contributed by atoms with Crippen molar-refractivity contribution in [3.8, 4) is 11.8 Å². The summed E-state index contributed by atoms with van der Waals surface area (Å²) in [7, 11) is 1.90. The quantitative estimate of drug-likeness (QED) is 0.854. The van der Waals surface area contributed by atoms with E-state index < -0.39 is 6.10 Å². The standard InChI is InChI=1S/C18H22N2O2/c1-14(9-10-19)20(2)12-17(21)13-22-18-8-7-15-5-3-4-6-16(15)11-18/h3-8,11,14,17,21H,9,12-13H2,1-2H3. The molecule has 2 unspecified atom stereocenters. The van der Waals surface area contributed by atoms with Crippen LogP contribution in [-0.4, -0.2) is 42.4 Å². The number of hydrogen-bond donors (Lipinski definition) is 1. The molecule has 0 spiro atoms. The lowest BCUT2D eigenvalue weighted by Crippen LogP contribution is -2.38. The highest BCUT2D eigenvalue weighted by Crippen LogP contribution is 2.20. The maximum atomic E-state index is 10.1. The maximum absolute atomic E-state index is 10.1. The second-order valence-corrected chi connectivity index (χ2v) is 5.62. The molecule has 22 heavy (non-hydrogen) atoms. The second-order valence-electron chi connectivity index (χ2n) is 5.62. The fraction of sp³-hybridized carbons (Fsp3) is 0.389. The molecule has 0 radical (unpaired) electrons. The van der Waals surface area contributed by atoms with Gasteiger partial charge in [0.25, 0.3) is 0 Å². The van der Waals surface area contributed by atoms with E-state index in [1.807, 2.05) is 55.3 Å². The minimum Gasteiger partial charge on any atom is -0.491 e. The molecule has 0 heterocycles. The van der Waals surface area contributed by atoms with Crippen molar-refractivity contribution in [1.82, 2.24) is 4.90 Å². The summed E-state index contributed by atoms with van der Waals surface area (Å²) in [4.78, 5) is 1.97. The van der Waals surface area contributed by atoms with E-state index in [1.54, 1.807) is 0 Å². The third-order valence-electron chi connectivity index (χ3n) is 3.80. The normalized spacial score (nSPS) is 13.8. The zero-order valence-corrected chi connectivity index (χ0v) is 13.1. The molecule has 0 amide bonds. The smallest absolute Gasteiger partial charge is 0.120 e. The summed E-state index contributed by atoms with van der Waals surface area (Å²) in [5.41, 5.74) is 0. The zero-order chi connectivity index (χ0) is 15.9. The van der Waals surface area contributed by atoms with Crippen LogP contribution in [0.2, 0.25) is 0 Å². The molecule has 1 N–H and O–H groups in total. The van der Waals surface area contributed by atoms with E-state index in [1.165, 1.54) is 5.39 Å². The van der Waals surface area contributed by atoms with Crippen LogP contribution in [0, 0.1) is 11.3 Å². The van der Waals surface area contributed by atoms with Crippen molar-refractivity contribution in [2.24, 2.45) is 0 Å². The Morgan fingerprint density at radius 1 is 1.23 bits per heavy atom. The van der Waals surface area contributed by atoms with Gasteiger partial charge in [0, 0.05) is 12.6 Å². The van der Waals surface area contributed by atoms with E-state index in [2.05, 4.69) is 12.1 Å². The van der Waals surface area contributed by atoms with Crippen molar-refractivity contribution >= 4 is 10.8 Å². The Balaban J connectivity index is 1.87. The first-order chi connectivity index (χ1) is 10.6. The molecular weight excluding hydrogens is 276 g/mol. The molecule has 0 aliphatic heterocycles. The Morgan fingerprint density at radius 2 is 1.95 bits per heavy atom. The van der Waals surface area contributed by atoms with Gasteiger partial charge in [0.15, 0.2) is 0 Å². The van der Waals surface area contributed by atoms with Crippen LogP contribution in [0.5, 0.6) is 5.75 Å². The number of benzene rings is 2. The Morgan fingerprint density at radius 3 is 2.68 bits per heavy atom. The highest BCUT2D eigenvalue weighted by molar-refractivity contribution is 5.83. The number of likely N-dealkylation sites (N-methyl/N-ethyl adjacent to an activating group) is 1. The van der Waals surface area contributed by atoms with E-state index in [4.69, 9.17) is 10.00 Å². The van der Waals surface area contributed by atoms with E-state index >= 15 is 0 Å². The van der Waals surface area contributed by atoms with Crippen LogP contribution in [0.15, 0.2) is 42.5 Å². The van der Waals surface area contributed by atoms with E-state index in [-0.39, 0.29) is 12.6 Å². The summed E-state index contributed by atoms with van der Waals surface area (Å²) in [5, 5.41) is 21.0. The molecule has 116 valence electrons. The largest absolute Gasteiger partial charge is 0.491 e. The summed E-state index contributed by atoms with van der Waals surface area (Å²) < 4.78 is 5.67. The maximum Gasteiger partial charge on any atom is 0.120 e. The molecule has 0 aliphatic carbocycles. The number of aliphatic hydroxyl groups excluding tert-OH is 1. The van der Waals surface area contributed by atoms with Crippen molar-refractivity contribution in [3.05, 3.63) is 42.5 Å². The third kappa shape index (κ3) is 4.45. The first kappa shape index (κ1) is 16.3. The van der Waals surface area contributed by atoms with E-state index in [9.17, 15) is 5.11 Å². The Kier molecular flexibility index (Phi) is 5.76. The SMILES string of the molecule is CC(CC#N)N(C)CC(O)COc1ccc2ccccc2c1. The Hall–Kier alpha value is -2.09. The molecule has 2 atom stereocenters.